The van der Waals surface area contributed by atoms with Crippen LogP contribution in [0.1, 0.15) is 32.7 Å². The third-order valence-corrected chi connectivity index (χ3v) is 3.42. The Balaban J connectivity index is 2.45. The number of aliphatic carboxylic acids is 1. The summed E-state index contributed by atoms with van der Waals surface area (Å²) in [4.78, 5) is 32.6. The molecule has 0 atom stereocenters. The van der Waals surface area contributed by atoms with Crippen LogP contribution >= 0.6 is 0 Å². The number of aldehydes is 1. The number of carboxylic acids is 2. The second-order valence-electron chi connectivity index (χ2n) is 4.97. The predicted octanol–water partition coefficient (Wildman–Crippen LogP) is 2.59. The van der Waals surface area contributed by atoms with Gasteiger partial charge in [0.1, 0.15) is 5.75 Å². The topological polar surface area (TPSA) is 112 Å². The summed E-state index contributed by atoms with van der Waals surface area (Å²) < 4.78 is 0. The highest BCUT2D eigenvalue weighted by Gasteiger charge is 2.12. The van der Waals surface area contributed by atoms with Gasteiger partial charge >= 0.3 is 11.9 Å². The third kappa shape index (κ3) is 3.74. The van der Waals surface area contributed by atoms with Crippen LogP contribution in [0.25, 0.3) is 11.1 Å². The van der Waals surface area contributed by atoms with Crippen molar-refractivity contribution in [3.05, 3.63) is 53.1 Å². The van der Waals surface area contributed by atoms with Crippen molar-refractivity contribution in [2.75, 3.05) is 0 Å². The lowest BCUT2D eigenvalue weighted by Gasteiger charge is -2.10. The molecular formula is C17H14O6. The van der Waals surface area contributed by atoms with Gasteiger partial charge < -0.3 is 15.3 Å². The summed E-state index contributed by atoms with van der Waals surface area (Å²) in [6.07, 6.45) is 0.408. The molecule has 6 heteroatoms. The van der Waals surface area contributed by atoms with Gasteiger partial charge in [-0.25, -0.2) is 4.79 Å². The highest BCUT2D eigenvalue weighted by Crippen LogP contribution is 2.30. The number of carbonyl (C=O) groups is 3. The SMILES string of the molecule is O=Cc1cc(-c2ccc(C(=O)O)cc2)cc(CCC(=O)O)c1O. The number of phenolic OH excluding ortho intramolecular Hbond substituents is 1. The summed E-state index contributed by atoms with van der Waals surface area (Å²) >= 11 is 0. The molecule has 0 aliphatic heterocycles. The molecule has 0 spiro atoms. The standard InChI is InChI=1S/C17H14O6/c18-9-14-8-13(7-12(16(14)21)5-6-15(19)20)10-1-3-11(4-2-10)17(22)23/h1-4,7-9,21H,5-6H2,(H,19,20)(H,22,23). The van der Waals surface area contributed by atoms with E-state index in [9.17, 15) is 19.5 Å². The number of rotatable bonds is 6. The number of hydrogen-bond acceptors (Lipinski definition) is 4. The quantitative estimate of drug-likeness (QED) is 0.706. The summed E-state index contributed by atoms with van der Waals surface area (Å²) in [5, 5.41) is 27.6. The number of phenols is 1. The fraction of sp³-hybridized carbons (Fsp3) is 0.118. The lowest BCUT2D eigenvalue weighted by atomic mass is 9.96. The van der Waals surface area contributed by atoms with E-state index in [2.05, 4.69) is 0 Å². The van der Waals surface area contributed by atoms with Gasteiger partial charge in [-0.05, 0) is 47.4 Å². The van der Waals surface area contributed by atoms with E-state index >= 15 is 0 Å². The van der Waals surface area contributed by atoms with Crippen LogP contribution in [-0.2, 0) is 11.2 Å². The molecule has 3 N–H and O–H groups in total. The van der Waals surface area contributed by atoms with Gasteiger partial charge in [0.2, 0.25) is 0 Å². The Kier molecular flexibility index (Phi) is 4.75. The summed E-state index contributed by atoms with van der Waals surface area (Å²) in [5.41, 5.74) is 1.81. The molecule has 2 rings (SSSR count). The highest BCUT2D eigenvalue weighted by atomic mass is 16.4. The monoisotopic (exact) mass is 314 g/mol. The van der Waals surface area contributed by atoms with Gasteiger partial charge in [-0.3, -0.25) is 9.59 Å². The first kappa shape index (κ1) is 16.2. The van der Waals surface area contributed by atoms with E-state index in [0.717, 1.165) is 0 Å². The maximum Gasteiger partial charge on any atom is 0.335 e. The minimum Gasteiger partial charge on any atom is -0.507 e. The molecule has 0 aromatic heterocycles. The van der Waals surface area contributed by atoms with Crippen LogP contribution < -0.4 is 0 Å². The molecule has 0 heterocycles. The molecule has 2 aromatic rings. The van der Waals surface area contributed by atoms with Gasteiger partial charge in [0.15, 0.2) is 6.29 Å². The molecule has 0 fully saturated rings. The van der Waals surface area contributed by atoms with Gasteiger partial charge in [0, 0.05) is 6.42 Å². The Labute approximate surface area is 131 Å². The maximum absolute atomic E-state index is 11.1. The number of carbonyl (C=O) groups excluding carboxylic acids is 1. The summed E-state index contributed by atoms with van der Waals surface area (Å²) in [6.45, 7) is 0. The van der Waals surface area contributed by atoms with Gasteiger partial charge in [0.25, 0.3) is 0 Å². The van der Waals surface area contributed by atoms with Crippen molar-refractivity contribution in [3.63, 3.8) is 0 Å². The average Bonchev–Trinajstić information content (AvgIpc) is 2.53. The van der Waals surface area contributed by atoms with Gasteiger partial charge in [-0.15, -0.1) is 0 Å². The van der Waals surface area contributed by atoms with Crippen molar-refractivity contribution >= 4 is 18.2 Å². The first-order valence-electron chi connectivity index (χ1n) is 6.79. The van der Waals surface area contributed by atoms with Crippen molar-refractivity contribution < 1.29 is 29.7 Å². The molecule has 0 saturated heterocycles. The van der Waals surface area contributed by atoms with Crippen LogP contribution in [0.5, 0.6) is 5.75 Å². The smallest absolute Gasteiger partial charge is 0.335 e. The molecule has 118 valence electrons. The van der Waals surface area contributed by atoms with Crippen LogP contribution in [-0.4, -0.2) is 33.5 Å². The van der Waals surface area contributed by atoms with Gasteiger partial charge in [-0.2, -0.15) is 0 Å². The molecule has 0 radical (unpaired) electrons. The van der Waals surface area contributed by atoms with E-state index in [4.69, 9.17) is 10.2 Å². The summed E-state index contributed by atoms with van der Waals surface area (Å²) in [5.74, 6) is -2.28. The first-order chi connectivity index (χ1) is 10.9. The molecule has 2 aromatic carbocycles. The molecule has 6 nitrogen and oxygen atoms in total. The van der Waals surface area contributed by atoms with E-state index in [1.807, 2.05) is 0 Å². The second kappa shape index (κ2) is 6.74. The van der Waals surface area contributed by atoms with E-state index in [1.54, 1.807) is 18.2 Å². The van der Waals surface area contributed by atoms with Crippen LogP contribution in [0.2, 0.25) is 0 Å². The Morgan fingerprint density at radius 1 is 1.00 bits per heavy atom. The Morgan fingerprint density at radius 2 is 1.65 bits per heavy atom. The van der Waals surface area contributed by atoms with E-state index in [0.29, 0.717) is 23.0 Å². The van der Waals surface area contributed by atoms with Crippen molar-refractivity contribution in [1.82, 2.24) is 0 Å². The lowest BCUT2D eigenvalue weighted by Crippen LogP contribution is -2.00. The molecule has 0 saturated carbocycles. The first-order valence-corrected chi connectivity index (χ1v) is 6.79. The van der Waals surface area contributed by atoms with Crippen LogP contribution in [0.3, 0.4) is 0 Å². The number of aromatic carboxylic acids is 1. The Morgan fingerprint density at radius 3 is 2.17 bits per heavy atom. The maximum atomic E-state index is 11.1. The minimum atomic E-state index is -1.04. The lowest BCUT2D eigenvalue weighted by molar-refractivity contribution is -0.136. The molecule has 23 heavy (non-hydrogen) atoms. The van der Waals surface area contributed by atoms with Gasteiger partial charge in [-0.1, -0.05) is 12.1 Å². The van der Waals surface area contributed by atoms with Gasteiger partial charge in [0.05, 0.1) is 11.1 Å². The van der Waals surface area contributed by atoms with Crippen molar-refractivity contribution in [1.29, 1.82) is 0 Å². The molecule has 0 aliphatic rings. The third-order valence-electron chi connectivity index (χ3n) is 3.42. The molecular weight excluding hydrogens is 300 g/mol. The number of benzene rings is 2. The molecule has 0 amide bonds. The predicted molar refractivity (Wildman–Crippen MR) is 81.8 cm³/mol. The zero-order chi connectivity index (χ0) is 17.0. The minimum absolute atomic E-state index is 0.0604. The molecule has 0 bridgehead atoms. The van der Waals surface area contributed by atoms with Crippen LogP contribution in [0.4, 0.5) is 0 Å². The number of carboxylic acid groups (broad SMARTS) is 2. The van der Waals surface area contributed by atoms with Crippen molar-refractivity contribution in [3.8, 4) is 16.9 Å². The van der Waals surface area contributed by atoms with E-state index < -0.39 is 11.9 Å². The van der Waals surface area contributed by atoms with E-state index in [1.165, 1.54) is 18.2 Å². The van der Waals surface area contributed by atoms with Crippen molar-refractivity contribution in [2.24, 2.45) is 0 Å². The highest BCUT2D eigenvalue weighted by molar-refractivity contribution is 5.89. The Bertz CT molecular complexity index is 761. The van der Waals surface area contributed by atoms with Crippen LogP contribution in [0.15, 0.2) is 36.4 Å². The summed E-state index contributed by atoms with van der Waals surface area (Å²) in [6, 6.07) is 9.12. The van der Waals surface area contributed by atoms with E-state index in [-0.39, 0.29) is 29.7 Å². The normalized spacial score (nSPS) is 10.3. The number of aromatic hydroxyl groups is 1. The summed E-state index contributed by atoms with van der Waals surface area (Å²) in [7, 11) is 0. The molecule has 0 aliphatic carbocycles. The van der Waals surface area contributed by atoms with Crippen LogP contribution in [0, 0.1) is 0 Å². The fourth-order valence-corrected chi connectivity index (χ4v) is 2.21. The second-order valence-corrected chi connectivity index (χ2v) is 4.97. The number of hydrogen-bond donors (Lipinski definition) is 3. The van der Waals surface area contributed by atoms with Crippen molar-refractivity contribution in [2.45, 2.75) is 12.8 Å². The fourth-order valence-electron chi connectivity index (χ4n) is 2.21. The average molecular weight is 314 g/mol. The zero-order valence-electron chi connectivity index (χ0n) is 12.0. The number of aryl methyl sites for hydroxylation is 1. The molecule has 0 unspecified atom stereocenters. The Hall–Kier alpha value is -3.15. The largest absolute Gasteiger partial charge is 0.507 e. The zero-order valence-corrected chi connectivity index (χ0v) is 12.0.